The molecule has 0 unspecified atom stereocenters. The third-order valence-electron chi connectivity index (χ3n) is 6.61. The molecule has 10 heteroatoms. The number of likely N-dealkylation sites (tertiary alicyclic amines) is 1. The molecule has 1 aromatic heterocycles. The number of aromatic nitrogens is 1. The normalized spacial score (nSPS) is 13.9. The Bertz CT molecular complexity index is 1280. The van der Waals surface area contributed by atoms with Crippen molar-refractivity contribution >= 4 is 29.5 Å². The fourth-order valence-electron chi connectivity index (χ4n) is 4.42. The largest absolute Gasteiger partial charge is 0.457 e. The lowest BCUT2D eigenvalue weighted by Gasteiger charge is -2.38. The van der Waals surface area contributed by atoms with Gasteiger partial charge in [-0.25, -0.2) is 14.6 Å². The van der Waals surface area contributed by atoms with Gasteiger partial charge in [0.2, 0.25) is 5.91 Å². The van der Waals surface area contributed by atoms with E-state index < -0.39 is 11.9 Å². The van der Waals surface area contributed by atoms with Crippen LogP contribution in [-0.4, -0.2) is 46.5 Å². The zero-order valence-electron chi connectivity index (χ0n) is 22.1. The first-order valence-electron chi connectivity index (χ1n) is 12.9. The number of piperidine rings is 1. The fourth-order valence-corrected chi connectivity index (χ4v) is 4.42. The van der Waals surface area contributed by atoms with Gasteiger partial charge in [0.05, 0.1) is 6.42 Å². The van der Waals surface area contributed by atoms with E-state index in [-0.39, 0.29) is 18.0 Å². The van der Waals surface area contributed by atoms with E-state index in [1.54, 1.807) is 47.5 Å². The standard InChI is InChI=1S/C29H34N6O4/c1-29(2,30)21-13-16-35(17-14-21)28(38)33-25-19-24(12-15-31-25)39-23-10-8-22(9-11-23)32-27(37)34-26(36)18-20-6-4-3-5-7-20/h3-12,15,19,21H,13-14,16-18,30H2,1-2H3,(H,31,33,38)(H2,32,34,36,37). The lowest BCUT2D eigenvalue weighted by Crippen LogP contribution is -2.49. The second-order valence-corrected chi connectivity index (χ2v) is 10.2. The second-order valence-electron chi connectivity index (χ2n) is 10.2. The molecule has 0 aliphatic carbocycles. The Morgan fingerprint density at radius 2 is 1.67 bits per heavy atom. The molecule has 3 aromatic rings. The van der Waals surface area contributed by atoms with E-state index in [0.29, 0.717) is 42.0 Å². The molecule has 0 bridgehead atoms. The van der Waals surface area contributed by atoms with Gasteiger partial charge in [0.1, 0.15) is 17.3 Å². The molecule has 0 atom stereocenters. The SMILES string of the molecule is CC(C)(N)C1CCN(C(=O)Nc2cc(Oc3ccc(NC(=O)NC(=O)Cc4ccccc4)cc3)ccn2)CC1. The average Bonchev–Trinajstić information content (AvgIpc) is 2.90. The summed E-state index contributed by atoms with van der Waals surface area (Å²) >= 11 is 0. The van der Waals surface area contributed by atoms with Gasteiger partial charge in [-0.1, -0.05) is 30.3 Å². The molecule has 1 aliphatic heterocycles. The van der Waals surface area contributed by atoms with Gasteiger partial charge in [0, 0.05) is 36.6 Å². The van der Waals surface area contributed by atoms with E-state index in [0.717, 1.165) is 18.4 Å². The molecule has 1 saturated heterocycles. The van der Waals surface area contributed by atoms with Crippen molar-refractivity contribution in [3.05, 3.63) is 78.5 Å². The second kappa shape index (κ2) is 12.4. The monoisotopic (exact) mass is 530 g/mol. The molecule has 2 aromatic carbocycles. The summed E-state index contributed by atoms with van der Waals surface area (Å²) in [7, 11) is 0. The first kappa shape index (κ1) is 27.6. The van der Waals surface area contributed by atoms with Crippen LogP contribution >= 0.6 is 0 Å². The maximum atomic E-state index is 12.7. The molecular formula is C29H34N6O4. The Morgan fingerprint density at radius 1 is 0.974 bits per heavy atom. The predicted molar refractivity (Wildman–Crippen MR) is 150 cm³/mol. The minimum Gasteiger partial charge on any atom is -0.457 e. The van der Waals surface area contributed by atoms with E-state index in [9.17, 15) is 14.4 Å². The Kier molecular flexibility index (Phi) is 8.77. The van der Waals surface area contributed by atoms with Gasteiger partial charge in [0.15, 0.2) is 0 Å². The van der Waals surface area contributed by atoms with Crippen LogP contribution in [-0.2, 0) is 11.2 Å². The van der Waals surface area contributed by atoms with Crippen LogP contribution in [0.25, 0.3) is 0 Å². The third-order valence-corrected chi connectivity index (χ3v) is 6.61. The highest BCUT2D eigenvalue weighted by Gasteiger charge is 2.31. The smallest absolute Gasteiger partial charge is 0.325 e. The maximum absolute atomic E-state index is 12.7. The van der Waals surface area contributed by atoms with E-state index in [1.165, 1.54) is 0 Å². The lowest BCUT2D eigenvalue weighted by molar-refractivity contribution is -0.119. The summed E-state index contributed by atoms with van der Waals surface area (Å²) in [5.41, 5.74) is 7.29. The molecule has 10 nitrogen and oxygen atoms in total. The first-order valence-corrected chi connectivity index (χ1v) is 12.9. The predicted octanol–water partition coefficient (Wildman–Crippen LogP) is 4.75. The number of hydrogen-bond acceptors (Lipinski definition) is 6. The fraction of sp³-hybridized carbons (Fsp3) is 0.310. The minimum atomic E-state index is -0.616. The van der Waals surface area contributed by atoms with Gasteiger partial charge in [0.25, 0.3) is 0 Å². The number of nitrogens with zero attached hydrogens (tertiary/aromatic N) is 2. The van der Waals surface area contributed by atoms with Gasteiger partial charge in [-0.2, -0.15) is 0 Å². The van der Waals surface area contributed by atoms with Crippen LogP contribution in [0.15, 0.2) is 72.9 Å². The molecule has 2 heterocycles. The number of imide groups is 1. The van der Waals surface area contributed by atoms with Crippen molar-refractivity contribution in [2.75, 3.05) is 23.7 Å². The quantitative estimate of drug-likeness (QED) is 0.348. The van der Waals surface area contributed by atoms with Crippen LogP contribution in [0.1, 0.15) is 32.3 Å². The highest BCUT2D eigenvalue weighted by molar-refractivity contribution is 6.01. The highest BCUT2D eigenvalue weighted by Crippen LogP contribution is 2.27. The van der Waals surface area contributed by atoms with E-state index in [1.807, 2.05) is 44.2 Å². The highest BCUT2D eigenvalue weighted by atomic mass is 16.5. The molecular weight excluding hydrogens is 496 g/mol. The molecule has 0 saturated carbocycles. The molecule has 5 N–H and O–H groups in total. The van der Waals surface area contributed by atoms with Crippen LogP contribution < -0.4 is 26.4 Å². The molecule has 5 amide bonds. The average molecular weight is 531 g/mol. The van der Waals surface area contributed by atoms with E-state index >= 15 is 0 Å². The van der Waals surface area contributed by atoms with Crippen LogP contribution in [0, 0.1) is 5.92 Å². The Hall–Kier alpha value is -4.44. The lowest BCUT2D eigenvalue weighted by atomic mass is 9.81. The molecule has 1 fully saturated rings. The van der Waals surface area contributed by atoms with Crippen LogP contribution in [0.5, 0.6) is 11.5 Å². The number of carbonyl (C=O) groups is 3. The van der Waals surface area contributed by atoms with Crippen molar-refractivity contribution in [2.24, 2.45) is 11.7 Å². The van der Waals surface area contributed by atoms with Crippen LogP contribution in [0.4, 0.5) is 21.1 Å². The number of anilines is 2. The molecule has 4 rings (SSSR count). The Balaban J connectivity index is 1.25. The molecule has 0 radical (unpaired) electrons. The van der Waals surface area contributed by atoms with Crippen LogP contribution in [0.3, 0.4) is 0 Å². The first-order chi connectivity index (χ1) is 18.7. The topological polar surface area (TPSA) is 139 Å². The summed E-state index contributed by atoms with van der Waals surface area (Å²) in [4.78, 5) is 43.0. The summed E-state index contributed by atoms with van der Waals surface area (Å²) in [5.74, 6) is 1.39. The molecule has 204 valence electrons. The summed E-state index contributed by atoms with van der Waals surface area (Å²) < 4.78 is 5.89. The molecule has 1 aliphatic rings. The number of benzene rings is 2. The number of urea groups is 2. The van der Waals surface area contributed by atoms with Crippen molar-refractivity contribution in [1.29, 1.82) is 0 Å². The number of amides is 5. The number of carbonyl (C=O) groups excluding carboxylic acids is 3. The van der Waals surface area contributed by atoms with Crippen LogP contribution in [0.2, 0.25) is 0 Å². The van der Waals surface area contributed by atoms with Gasteiger partial charge in [-0.15, -0.1) is 0 Å². The van der Waals surface area contributed by atoms with Gasteiger partial charge < -0.3 is 20.7 Å². The zero-order valence-corrected chi connectivity index (χ0v) is 22.1. The number of rotatable bonds is 7. The zero-order chi connectivity index (χ0) is 27.8. The number of pyridine rings is 1. The summed E-state index contributed by atoms with van der Waals surface area (Å²) in [6, 6.07) is 18.4. The number of nitrogens with two attached hydrogens (primary N) is 1. The van der Waals surface area contributed by atoms with Crippen molar-refractivity contribution in [3.63, 3.8) is 0 Å². The van der Waals surface area contributed by atoms with E-state index in [2.05, 4.69) is 20.9 Å². The minimum absolute atomic E-state index is 0.112. The number of nitrogens with one attached hydrogen (secondary N) is 3. The van der Waals surface area contributed by atoms with Crippen molar-refractivity contribution < 1.29 is 19.1 Å². The van der Waals surface area contributed by atoms with Gasteiger partial charge >= 0.3 is 12.1 Å². The van der Waals surface area contributed by atoms with Crippen molar-refractivity contribution in [3.8, 4) is 11.5 Å². The van der Waals surface area contributed by atoms with Gasteiger partial charge in [-0.3, -0.25) is 15.4 Å². The van der Waals surface area contributed by atoms with Crippen molar-refractivity contribution in [1.82, 2.24) is 15.2 Å². The number of hydrogen-bond donors (Lipinski definition) is 4. The molecule has 39 heavy (non-hydrogen) atoms. The summed E-state index contributed by atoms with van der Waals surface area (Å²) in [5, 5.41) is 7.78. The maximum Gasteiger partial charge on any atom is 0.325 e. The third kappa shape index (κ3) is 8.27. The van der Waals surface area contributed by atoms with Gasteiger partial charge in [-0.05, 0) is 68.5 Å². The summed E-state index contributed by atoms with van der Waals surface area (Å²) in [6.07, 6.45) is 3.40. The van der Waals surface area contributed by atoms with Crippen molar-refractivity contribution in [2.45, 2.75) is 38.6 Å². The molecule has 0 spiro atoms. The summed E-state index contributed by atoms with van der Waals surface area (Å²) in [6.45, 7) is 5.35. The Labute approximate surface area is 227 Å². The van der Waals surface area contributed by atoms with E-state index in [4.69, 9.17) is 10.5 Å². The number of ether oxygens (including phenoxy) is 1. The Morgan fingerprint density at radius 3 is 2.33 bits per heavy atom.